The normalized spacial score (nSPS) is 12.7. The molecule has 2 rings (SSSR count). The van der Waals surface area contributed by atoms with E-state index in [1.165, 1.54) is 16.8 Å². The van der Waals surface area contributed by atoms with Gasteiger partial charge in [0.2, 0.25) is 10.0 Å². The van der Waals surface area contributed by atoms with Crippen molar-refractivity contribution in [2.75, 3.05) is 12.4 Å². The number of hydrogen-bond acceptors (Lipinski definition) is 5. The van der Waals surface area contributed by atoms with Gasteiger partial charge in [0.25, 0.3) is 5.56 Å². The molecule has 0 spiro atoms. The summed E-state index contributed by atoms with van der Waals surface area (Å²) in [5, 5.41) is 0. The Bertz CT molecular complexity index is 971. The van der Waals surface area contributed by atoms with E-state index in [0.29, 0.717) is 0 Å². The molecular weight excluding hydrogens is 369 g/mol. The monoisotopic (exact) mass is 393 g/mol. The Morgan fingerprint density at radius 2 is 2.07 bits per heavy atom. The minimum absolute atomic E-state index is 0.0523. The Hall–Kier alpha value is -2.17. The highest BCUT2D eigenvalue weighted by Crippen LogP contribution is 2.12. The van der Waals surface area contributed by atoms with Crippen LogP contribution in [0.2, 0.25) is 6.82 Å². The first-order chi connectivity index (χ1) is 12.8. The van der Waals surface area contributed by atoms with E-state index in [1.54, 1.807) is 0 Å². The molecule has 1 aromatic carbocycles. The molecule has 0 aliphatic heterocycles. The summed E-state index contributed by atoms with van der Waals surface area (Å²) in [5.41, 5.74) is 1.03. The van der Waals surface area contributed by atoms with E-state index in [1.807, 2.05) is 31.2 Å². The fraction of sp³-hybridized carbons (Fsp3) is 0.412. The van der Waals surface area contributed by atoms with Crippen LogP contribution in [0, 0.1) is 0 Å². The number of hydrogen-bond donors (Lipinski definition) is 2. The average Bonchev–Trinajstić information content (AvgIpc) is 2.62. The zero-order valence-electron chi connectivity index (χ0n) is 15.5. The number of aromatic amines is 1. The second-order valence-electron chi connectivity index (χ2n) is 6.23. The van der Waals surface area contributed by atoms with Gasteiger partial charge in [-0.3, -0.25) is 14.3 Å². The summed E-state index contributed by atoms with van der Waals surface area (Å²) in [7, 11) is -2.56. The molecule has 146 valence electrons. The van der Waals surface area contributed by atoms with Crippen molar-refractivity contribution in [1.82, 2.24) is 14.3 Å². The van der Waals surface area contributed by atoms with Gasteiger partial charge in [-0.25, -0.2) is 17.9 Å². The SMILES string of the molecule is CBc1cccc([C@@H](C)NS(=O)(=O)CCCOCn2ccc(=O)[nH]c2=O)c1. The van der Waals surface area contributed by atoms with E-state index in [-0.39, 0.29) is 31.6 Å². The standard InChI is InChI=1S/C17H24BN3O5S/c1-13(14-5-3-6-15(11-14)18-2)20-27(24,25)10-4-9-26-12-21-8-7-16(22)19-17(21)23/h3,5-8,11,13,18,20H,4,9-10,12H2,1-2H3,(H,19,22,23)/t13-/m1/s1. The molecule has 27 heavy (non-hydrogen) atoms. The van der Waals surface area contributed by atoms with Gasteiger partial charge < -0.3 is 4.74 Å². The third kappa shape index (κ3) is 6.81. The molecule has 0 aliphatic rings. The number of aromatic nitrogens is 2. The van der Waals surface area contributed by atoms with Crippen LogP contribution in [-0.2, 0) is 21.5 Å². The van der Waals surface area contributed by atoms with E-state index in [9.17, 15) is 18.0 Å². The Kier molecular flexibility index (Phi) is 7.58. The zero-order chi connectivity index (χ0) is 19.9. The van der Waals surface area contributed by atoms with Gasteiger partial charge in [-0.05, 0) is 18.9 Å². The van der Waals surface area contributed by atoms with Gasteiger partial charge in [-0.2, -0.15) is 0 Å². The summed E-state index contributed by atoms with van der Waals surface area (Å²) in [5.74, 6) is -0.0780. The molecule has 1 atom stereocenters. The molecule has 2 aromatic rings. The predicted octanol–water partition coefficient (Wildman–Crippen LogP) is -0.309. The van der Waals surface area contributed by atoms with Crippen LogP contribution in [0.15, 0.2) is 46.1 Å². The quantitative estimate of drug-likeness (QED) is 0.425. The van der Waals surface area contributed by atoms with Crippen LogP contribution in [0.1, 0.15) is 24.9 Å². The molecule has 0 radical (unpaired) electrons. The topological polar surface area (TPSA) is 110 Å². The van der Waals surface area contributed by atoms with Gasteiger partial charge in [0.15, 0.2) is 7.28 Å². The maximum atomic E-state index is 12.2. The summed E-state index contributed by atoms with van der Waals surface area (Å²) < 4.78 is 33.6. The Morgan fingerprint density at radius 3 is 2.78 bits per heavy atom. The number of rotatable bonds is 10. The van der Waals surface area contributed by atoms with E-state index in [2.05, 4.69) is 16.5 Å². The number of nitrogens with one attached hydrogen (secondary N) is 2. The van der Waals surface area contributed by atoms with Gasteiger partial charge in [0.1, 0.15) is 6.73 Å². The van der Waals surface area contributed by atoms with Crippen LogP contribution < -0.4 is 21.4 Å². The maximum Gasteiger partial charge on any atom is 0.330 e. The molecule has 0 bridgehead atoms. The maximum absolute atomic E-state index is 12.2. The van der Waals surface area contributed by atoms with Crippen molar-refractivity contribution in [3.05, 3.63) is 62.9 Å². The van der Waals surface area contributed by atoms with Crippen LogP contribution in [0.4, 0.5) is 0 Å². The van der Waals surface area contributed by atoms with E-state index >= 15 is 0 Å². The molecule has 1 heterocycles. The molecular formula is C17H24BN3O5S. The van der Waals surface area contributed by atoms with E-state index in [0.717, 1.165) is 18.3 Å². The lowest BCUT2D eigenvalue weighted by Crippen LogP contribution is -2.31. The van der Waals surface area contributed by atoms with Crippen molar-refractivity contribution in [3.8, 4) is 0 Å². The van der Waals surface area contributed by atoms with Crippen LogP contribution in [0.25, 0.3) is 0 Å². The predicted molar refractivity (Wildman–Crippen MR) is 106 cm³/mol. The van der Waals surface area contributed by atoms with Crippen molar-refractivity contribution in [2.24, 2.45) is 0 Å². The fourth-order valence-electron chi connectivity index (χ4n) is 2.54. The number of nitrogens with zero attached hydrogens (tertiary/aromatic N) is 1. The van der Waals surface area contributed by atoms with E-state index in [4.69, 9.17) is 4.74 Å². The highest BCUT2D eigenvalue weighted by molar-refractivity contribution is 7.89. The summed E-state index contributed by atoms with van der Waals surface area (Å²) >= 11 is 0. The van der Waals surface area contributed by atoms with Crippen molar-refractivity contribution in [2.45, 2.75) is 32.9 Å². The molecule has 0 fully saturated rings. The van der Waals surface area contributed by atoms with E-state index < -0.39 is 21.3 Å². The van der Waals surface area contributed by atoms with Crippen LogP contribution in [0.5, 0.6) is 0 Å². The van der Waals surface area contributed by atoms with Gasteiger partial charge in [-0.1, -0.05) is 36.6 Å². The molecule has 0 saturated carbocycles. The van der Waals surface area contributed by atoms with Crippen LogP contribution in [-0.4, -0.2) is 37.6 Å². The smallest absolute Gasteiger partial charge is 0.330 e. The van der Waals surface area contributed by atoms with Gasteiger partial charge in [-0.15, -0.1) is 0 Å². The second kappa shape index (κ2) is 9.68. The van der Waals surface area contributed by atoms with Crippen molar-refractivity contribution < 1.29 is 13.2 Å². The van der Waals surface area contributed by atoms with Crippen LogP contribution in [0.3, 0.4) is 0 Å². The molecule has 0 unspecified atom stereocenters. The lowest BCUT2D eigenvalue weighted by Gasteiger charge is -2.15. The third-order valence-corrected chi connectivity index (χ3v) is 5.58. The Labute approximate surface area is 158 Å². The molecule has 8 nitrogen and oxygen atoms in total. The number of H-pyrrole nitrogens is 1. The van der Waals surface area contributed by atoms with Gasteiger partial charge in [0.05, 0.1) is 5.75 Å². The molecule has 1 aromatic heterocycles. The fourth-order valence-corrected chi connectivity index (χ4v) is 3.83. The Balaban J connectivity index is 1.78. The number of ether oxygens (including phenoxy) is 1. The zero-order valence-corrected chi connectivity index (χ0v) is 16.3. The number of benzene rings is 1. The molecule has 2 N–H and O–H groups in total. The lowest BCUT2D eigenvalue weighted by atomic mass is 9.73. The molecule has 10 heteroatoms. The average molecular weight is 393 g/mol. The minimum Gasteiger partial charge on any atom is -0.361 e. The van der Waals surface area contributed by atoms with Crippen molar-refractivity contribution in [1.29, 1.82) is 0 Å². The van der Waals surface area contributed by atoms with Gasteiger partial charge >= 0.3 is 5.69 Å². The van der Waals surface area contributed by atoms with Gasteiger partial charge in [0, 0.05) is 24.9 Å². The third-order valence-electron chi connectivity index (χ3n) is 4.04. The summed E-state index contributed by atoms with van der Waals surface area (Å²) in [6, 6.07) is 8.73. The summed E-state index contributed by atoms with van der Waals surface area (Å²) in [4.78, 5) is 24.6. The highest BCUT2D eigenvalue weighted by Gasteiger charge is 2.15. The highest BCUT2D eigenvalue weighted by atomic mass is 32.2. The first kappa shape index (κ1) is 21.1. The van der Waals surface area contributed by atoms with Crippen molar-refractivity contribution in [3.63, 3.8) is 0 Å². The molecule has 0 amide bonds. The second-order valence-corrected chi connectivity index (χ2v) is 8.10. The Morgan fingerprint density at radius 1 is 1.30 bits per heavy atom. The lowest BCUT2D eigenvalue weighted by molar-refractivity contribution is 0.0744. The van der Waals surface area contributed by atoms with Crippen LogP contribution >= 0.6 is 0 Å². The first-order valence-corrected chi connectivity index (χ1v) is 10.4. The largest absolute Gasteiger partial charge is 0.361 e. The summed E-state index contributed by atoms with van der Waals surface area (Å²) in [6.07, 6.45) is 1.61. The minimum atomic E-state index is -3.45. The first-order valence-electron chi connectivity index (χ1n) is 8.77. The number of sulfonamides is 1. The molecule has 0 saturated heterocycles. The summed E-state index contributed by atoms with van der Waals surface area (Å²) in [6.45, 7) is 3.98. The van der Waals surface area contributed by atoms with Crippen molar-refractivity contribution >= 4 is 22.8 Å². The molecule has 0 aliphatic carbocycles.